The summed E-state index contributed by atoms with van der Waals surface area (Å²) < 4.78 is 0. The van der Waals surface area contributed by atoms with E-state index in [1.807, 2.05) is 30.3 Å². The molecule has 1 N–H and O–H groups in total. The van der Waals surface area contributed by atoms with Gasteiger partial charge >= 0.3 is 0 Å². The highest BCUT2D eigenvalue weighted by Gasteiger charge is 2.07. The van der Waals surface area contributed by atoms with Crippen LogP contribution in [0, 0.1) is 0 Å². The number of pyridine rings is 1. The molecule has 0 aliphatic carbocycles. The molecule has 0 radical (unpaired) electrons. The van der Waals surface area contributed by atoms with Crippen molar-refractivity contribution < 1.29 is 5.11 Å². The van der Waals surface area contributed by atoms with Gasteiger partial charge in [0.1, 0.15) is 0 Å². The van der Waals surface area contributed by atoms with Crippen LogP contribution >= 0.6 is 11.8 Å². The van der Waals surface area contributed by atoms with E-state index in [9.17, 15) is 5.11 Å². The Kier molecular flexibility index (Phi) is 3.80. The first kappa shape index (κ1) is 11.4. The second-order valence-electron chi connectivity index (χ2n) is 3.63. The molecule has 1 aromatic carbocycles. The quantitative estimate of drug-likeness (QED) is 0.881. The van der Waals surface area contributed by atoms with Crippen LogP contribution in [0.5, 0.6) is 0 Å². The fourth-order valence-corrected chi connectivity index (χ4v) is 2.27. The first-order valence-electron chi connectivity index (χ1n) is 5.41. The van der Waals surface area contributed by atoms with Crippen molar-refractivity contribution in [1.82, 2.24) is 4.98 Å². The van der Waals surface area contributed by atoms with Crippen LogP contribution in [-0.2, 0) is 0 Å². The topological polar surface area (TPSA) is 33.1 Å². The maximum atomic E-state index is 9.96. The molecule has 0 amide bonds. The fraction of sp³-hybridized carbons (Fsp3) is 0.308. The first-order chi connectivity index (χ1) is 7.81. The van der Waals surface area contributed by atoms with Crippen molar-refractivity contribution in [3.63, 3.8) is 0 Å². The van der Waals surface area contributed by atoms with Crippen LogP contribution in [0.1, 0.15) is 18.6 Å². The summed E-state index contributed by atoms with van der Waals surface area (Å²) in [5, 5.41) is 11.1. The highest BCUT2D eigenvalue weighted by Crippen LogP contribution is 2.21. The first-order valence-corrected chi connectivity index (χ1v) is 6.57. The van der Waals surface area contributed by atoms with Gasteiger partial charge in [0.05, 0.1) is 11.6 Å². The van der Waals surface area contributed by atoms with Crippen molar-refractivity contribution >= 4 is 22.7 Å². The molecule has 0 spiro atoms. The average Bonchev–Trinajstić information content (AvgIpc) is 2.35. The normalized spacial score (nSPS) is 12.9. The summed E-state index contributed by atoms with van der Waals surface area (Å²) in [4.78, 5) is 4.29. The number of aromatic nitrogens is 1. The minimum absolute atomic E-state index is 0.392. The van der Waals surface area contributed by atoms with E-state index in [-0.39, 0.29) is 0 Å². The van der Waals surface area contributed by atoms with E-state index < -0.39 is 6.10 Å². The lowest BCUT2D eigenvalue weighted by Gasteiger charge is -2.10. The van der Waals surface area contributed by atoms with Crippen molar-refractivity contribution in [2.24, 2.45) is 0 Å². The van der Waals surface area contributed by atoms with Crippen molar-refractivity contribution in [3.8, 4) is 0 Å². The maximum absolute atomic E-state index is 9.96. The maximum Gasteiger partial charge on any atom is 0.0881 e. The number of rotatable bonds is 4. The van der Waals surface area contributed by atoms with Gasteiger partial charge in [0.2, 0.25) is 0 Å². The lowest BCUT2D eigenvalue weighted by atomic mass is 10.1. The summed E-state index contributed by atoms with van der Waals surface area (Å²) in [7, 11) is 0. The smallest absolute Gasteiger partial charge is 0.0881 e. The molecule has 3 heteroatoms. The van der Waals surface area contributed by atoms with Crippen LogP contribution in [-0.4, -0.2) is 21.6 Å². The van der Waals surface area contributed by atoms with E-state index in [1.54, 1.807) is 18.0 Å². The largest absolute Gasteiger partial charge is 0.388 e. The van der Waals surface area contributed by atoms with Crippen LogP contribution in [0.3, 0.4) is 0 Å². The molecule has 0 saturated heterocycles. The van der Waals surface area contributed by atoms with Crippen LogP contribution < -0.4 is 0 Å². The summed E-state index contributed by atoms with van der Waals surface area (Å²) in [5.41, 5.74) is 1.90. The van der Waals surface area contributed by atoms with E-state index in [0.29, 0.717) is 0 Å². The number of hydrogen-bond donors (Lipinski definition) is 1. The Morgan fingerprint density at radius 2 is 2.25 bits per heavy atom. The summed E-state index contributed by atoms with van der Waals surface area (Å²) in [5.74, 6) is 1.78. The number of thioether (sulfide) groups is 1. The zero-order valence-corrected chi connectivity index (χ0v) is 10.1. The molecule has 1 heterocycles. The predicted octanol–water partition coefficient (Wildman–Crippen LogP) is 3.02. The van der Waals surface area contributed by atoms with Gasteiger partial charge in [-0.05, 0) is 23.4 Å². The van der Waals surface area contributed by atoms with Crippen LogP contribution in [0.25, 0.3) is 10.9 Å². The number of hydrogen-bond acceptors (Lipinski definition) is 3. The molecule has 1 aromatic heterocycles. The fourth-order valence-electron chi connectivity index (χ4n) is 1.62. The summed E-state index contributed by atoms with van der Waals surface area (Å²) in [6, 6.07) is 9.91. The lowest BCUT2D eigenvalue weighted by molar-refractivity contribution is 0.204. The van der Waals surface area contributed by atoms with Gasteiger partial charge < -0.3 is 5.11 Å². The number of nitrogens with zero attached hydrogens (tertiary/aromatic N) is 1. The molecule has 1 atom stereocenters. The molecular weight excluding hydrogens is 218 g/mol. The van der Waals surface area contributed by atoms with E-state index in [2.05, 4.69) is 11.9 Å². The zero-order chi connectivity index (χ0) is 11.4. The number of benzene rings is 1. The standard InChI is InChI=1S/C13H15NOS/c1-2-16-9-13(15)11-6-5-10-4-3-7-14-12(10)8-11/h3-8,13,15H,2,9H2,1H3. The third-order valence-corrected chi connectivity index (χ3v) is 3.45. The third-order valence-electron chi connectivity index (χ3n) is 2.49. The molecule has 16 heavy (non-hydrogen) atoms. The highest BCUT2D eigenvalue weighted by atomic mass is 32.2. The molecule has 0 bridgehead atoms. The second-order valence-corrected chi connectivity index (χ2v) is 4.95. The molecule has 2 nitrogen and oxygen atoms in total. The predicted molar refractivity (Wildman–Crippen MR) is 69.7 cm³/mol. The molecule has 2 aromatic rings. The molecule has 0 aliphatic heterocycles. The Labute approximate surface area is 99.7 Å². The Balaban J connectivity index is 2.25. The van der Waals surface area contributed by atoms with Crippen LogP contribution in [0.2, 0.25) is 0 Å². The second kappa shape index (κ2) is 5.32. The molecular formula is C13H15NOS. The van der Waals surface area contributed by atoms with Crippen molar-refractivity contribution in [2.75, 3.05) is 11.5 Å². The van der Waals surface area contributed by atoms with Gasteiger partial charge in [-0.25, -0.2) is 0 Å². The van der Waals surface area contributed by atoms with Gasteiger partial charge in [-0.15, -0.1) is 0 Å². The Bertz CT molecular complexity index is 472. The van der Waals surface area contributed by atoms with Crippen molar-refractivity contribution in [1.29, 1.82) is 0 Å². The zero-order valence-electron chi connectivity index (χ0n) is 9.26. The Hall–Kier alpha value is -1.06. The van der Waals surface area contributed by atoms with Crippen LogP contribution in [0.4, 0.5) is 0 Å². The van der Waals surface area contributed by atoms with E-state index in [4.69, 9.17) is 0 Å². The van der Waals surface area contributed by atoms with Gasteiger partial charge in [-0.3, -0.25) is 4.98 Å². The van der Waals surface area contributed by atoms with Gasteiger partial charge in [0.25, 0.3) is 0 Å². The van der Waals surface area contributed by atoms with Crippen molar-refractivity contribution in [3.05, 3.63) is 42.1 Å². The lowest BCUT2D eigenvalue weighted by Crippen LogP contribution is -2.00. The minimum atomic E-state index is -0.392. The molecule has 0 aliphatic rings. The average molecular weight is 233 g/mol. The van der Waals surface area contributed by atoms with E-state index in [1.165, 1.54) is 0 Å². The van der Waals surface area contributed by atoms with Gasteiger partial charge in [-0.1, -0.05) is 25.1 Å². The highest BCUT2D eigenvalue weighted by molar-refractivity contribution is 7.99. The van der Waals surface area contributed by atoms with E-state index in [0.717, 1.165) is 28.0 Å². The van der Waals surface area contributed by atoms with Crippen LogP contribution in [0.15, 0.2) is 36.5 Å². The Morgan fingerprint density at radius 1 is 1.38 bits per heavy atom. The summed E-state index contributed by atoms with van der Waals surface area (Å²) in [6.45, 7) is 2.10. The number of fused-ring (bicyclic) bond motifs is 1. The molecule has 0 fully saturated rings. The third kappa shape index (κ3) is 2.54. The number of aliphatic hydroxyl groups is 1. The monoisotopic (exact) mass is 233 g/mol. The Morgan fingerprint density at radius 3 is 3.06 bits per heavy atom. The van der Waals surface area contributed by atoms with Gasteiger partial charge in [0, 0.05) is 17.3 Å². The summed E-state index contributed by atoms with van der Waals surface area (Å²) >= 11 is 1.75. The number of aliphatic hydroxyl groups excluding tert-OH is 1. The summed E-state index contributed by atoms with van der Waals surface area (Å²) in [6.07, 6.45) is 1.38. The van der Waals surface area contributed by atoms with E-state index >= 15 is 0 Å². The molecule has 0 saturated carbocycles. The molecule has 2 rings (SSSR count). The SMILES string of the molecule is CCSCC(O)c1ccc2cccnc2c1. The van der Waals surface area contributed by atoms with Gasteiger partial charge in [-0.2, -0.15) is 11.8 Å². The molecule has 84 valence electrons. The molecule has 1 unspecified atom stereocenters. The minimum Gasteiger partial charge on any atom is -0.388 e. The van der Waals surface area contributed by atoms with Crippen molar-refractivity contribution in [2.45, 2.75) is 13.0 Å². The van der Waals surface area contributed by atoms with Gasteiger partial charge in [0.15, 0.2) is 0 Å².